The Labute approximate surface area is 108 Å². The first-order valence-corrected chi connectivity index (χ1v) is 6.95. The third-order valence-electron chi connectivity index (χ3n) is 3.98. The van der Waals surface area contributed by atoms with E-state index in [1.165, 1.54) is 18.8 Å². The van der Waals surface area contributed by atoms with Crippen molar-refractivity contribution in [3.8, 4) is 0 Å². The third-order valence-corrected chi connectivity index (χ3v) is 4.38. The number of fused-ring (bicyclic) bond motifs is 1. The van der Waals surface area contributed by atoms with Gasteiger partial charge in [-0.25, -0.2) is 0 Å². The van der Waals surface area contributed by atoms with Crippen LogP contribution in [0.3, 0.4) is 0 Å². The number of piperazine rings is 1. The second-order valence-electron chi connectivity index (χ2n) is 5.09. The Hall–Kier alpha value is -0.730. The highest BCUT2D eigenvalue weighted by Gasteiger charge is 2.32. The van der Waals surface area contributed by atoms with Crippen LogP contribution in [-0.2, 0) is 0 Å². The minimum absolute atomic E-state index is 0.381. The summed E-state index contributed by atoms with van der Waals surface area (Å²) in [5.41, 5.74) is 1.35. The fraction of sp³-hybridized carbons (Fsp3) is 0.571. The second kappa shape index (κ2) is 4.87. The van der Waals surface area contributed by atoms with Crippen molar-refractivity contribution in [2.45, 2.75) is 24.3 Å². The molecule has 2 heterocycles. The second-order valence-corrected chi connectivity index (χ2v) is 5.71. The molecular weight excluding hydrogens is 232 g/mol. The van der Waals surface area contributed by atoms with Crippen molar-refractivity contribution in [1.82, 2.24) is 4.90 Å². The van der Waals surface area contributed by atoms with Crippen LogP contribution < -0.4 is 4.90 Å². The maximum Gasteiger partial charge on any atom is 0.0367 e. The van der Waals surface area contributed by atoms with Crippen LogP contribution in [-0.4, -0.2) is 42.5 Å². The number of hydrogen-bond donors (Lipinski definition) is 0. The Morgan fingerprint density at radius 1 is 1.06 bits per heavy atom. The Morgan fingerprint density at radius 2 is 1.88 bits per heavy atom. The molecule has 2 nitrogen and oxygen atoms in total. The number of nitrogens with zero attached hydrogens (tertiary/aromatic N) is 2. The Balaban J connectivity index is 1.70. The predicted molar refractivity (Wildman–Crippen MR) is 72.9 cm³/mol. The lowest BCUT2D eigenvalue weighted by molar-refractivity contribution is 0.135. The summed E-state index contributed by atoms with van der Waals surface area (Å²) in [6.45, 7) is 4.64. The van der Waals surface area contributed by atoms with Gasteiger partial charge in [0.15, 0.2) is 0 Å². The molecule has 2 saturated heterocycles. The third kappa shape index (κ3) is 2.43. The summed E-state index contributed by atoms with van der Waals surface area (Å²) in [5, 5.41) is 0.381. The van der Waals surface area contributed by atoms with Crippen molar-refractivity contribution >= 4 is 17.3 Å². The van der Waals surface area contributed by atoms with Gasteiger partial charge in [-0.3, -0.25) is 4.90 Å². The molecule has 0 N–H and O–H groups in total. The van der Waals surface area contributed by atoms with Gasteiger partial charge in [0.1, 0.15) is 0 Å². The SMILES string of the molecule is ClC1CCN2CCN(c3ccccc3)CC2C1. The van der Waals surface area contributed by atoms with Crippen LogP contribution in [0.4, 0.5) is 5.69 Å². The number of para-hydroxylation sites is 1. The largest absolute Gasteiger partial charge is 0.369 e. The van der Waals surface area contributed by atoms with E-state index < -0.39 is 0 Å². The zero-order chi connectivity index (χ0) is 11.7. The van der Waals surface area contributed by atoms with E-state index in [0.29, 0.717) is 11.4 Å². The van der Waals surface area contributed by atoms with E-state index in [2.05, 4.69) is 40.1 Å². The van der Waals surface area contributed by atoms with Gasteiger partial charge in [0.25, 0.3) is 0 Å². The maximum atomic E-state index is 6.29. The monoisotopic (exact) mass is 250 g/mol. The van der Waals surface area contributed by atoms with Gasteiger partial charge in [0.05, 0.1) is 0 Å². The van der Waals surface area contributed by atoms with Crippen molar-refractivity contribution in [2.24, 2.45) is 0 Å². The summed E-state index contributed by atoms with van der Waals surface area (Å²) >= 11 is 6.29. The molecule has 3 heteroatoms. The molecule has 2 aliphatic rings. The Bertz CT molecular complexity index is 368. The highest BCUT2D eigenvalue weighted by atomic mass is 35.5. The number of rotatable bonds is 1. The minimum Gasteiger partial charge on any atom is -0.369 e. The van der Waals surface area contributed by atoms with Crippen LogP contribution in [0, 0.1) is 0 Å². The molecule has 1 aromatic rings. The van der Waals surface area contributed by atoms with Crippen LogP contribution in [0.5, 0.6) is 0 Å². The average Bonchev–Trinajstić information content (AvgIpc) is 2.39. The van der Waals surface area contributed by atoms with Gasteiger partial charge in [0.2, 0.25) is 0 Å². The number of hydrogen-bond acceptors (Lipinski definition) is 2. The van der Waals surface area contributed by atoms with Gasteiger partial charge < -0.3 is 4.90 Å². The molecule has 2 aliphatic heterocycles. The summed E-state index contributed by atoms with van der Waals surface area (Å²) in [4.78, 5) is 5.11. The molecule has 0 aromatic heterocycles. The number of alkyl halides is 1. The fourth-order valence-corrected chi connectivity index (χ4v) is 3.31. The van der Waals surface area contributed by atoms with Crippen LogP contribution in [0.15, 0.2) is 30.3 Å². The summed E-state index contributed by atoms with van der Waals surface area (Å²) in [5.74, 6) is 0. The summed E-state index contributed by atoms with van der Waals surface area (Å²) in [6.07, 6.45) is 2.30. The predicted octanol–water partition coefficient (Wildman–Crippen LogP) is 2.58. The highest BCUT2D eigenvalue weighted by molar-refractivity contribution is 6.20. The first-order valence-electron chi connectivity index (χ1n) is 6.51. The van der Waals surface area contributed by atoms with Gasteiger partial charge in [-0.15, -0.1) is 11.6 Å². The van der Waals surface area contributed by atoms with Crippen molar-refractivity contribution in [2.75, 3.05) is 31.1 Å². The van der Waals surface area contributed by atoms with Gasteiger partial charge >= 0.3 is 0 Å². The first kappa shape index (κ1) is 11.4. The number of benzene rings is 1. The number of piperidine rings is 1. The minimum atomic E-state index is 0.381. The quantitative estimate of drug-likeness (QED) is 0.707. The van der Waals surface area contributed by atoms with E-state index in [9.17, 15) is 0 Å². The fourth-order valence-electron chi connectivity index (χ4n) is 3.00. The summed E-state index contributed by atoms with van der Waals surface area (Å²) in [6, 6.07) is 11.4. The molecule has 0 bridgehead atoms. The topological polar surface area (TPSA) is 6.48 Å². The van der Waals surface area contributed by atoms with Crippen molar-refractivity contribution in [3.05, 3.63) is 30.3 Å². The molecule has 3 rings (SSSR count). The van der Waals surface area contributed by atoms with E-state index in [0.717, 1.165) is 25.9 Å². The van der Waals surface area contributed by atoms with Crippen LogP contribution in [0.25, 0.3) is 0 Å². The standard InChI is InChI=1S/C14H19ClN2/c15-12-6-7-16-8-9-17(11-14(16)10-12)13-4-2-1-3-5-13/h1-5,12,14H,6-11H2. The molecule has 17 heavy (non-hydrogen) atoms. The molecule has 0 amide bonds. The number of anilines is 1. The Kier molecular flexibility index (Phi) is 3.26. The van der Waals surface area contributed by atoms with E-state index in [4.69, 9.17) is 11.6 Å². The molecule has 2 atom stereocenters. The van der Waals surface area contributed by atoms with Crippen molar-refractivity contribution in [3.63, 3.8) is 0 Å². The first-order chi connectivity index (χ1) is 8.33. The lowest BCUT2D eigenvalue weighted by Gasteiger charge is -2.46. The molecule has 2 unspecified atom stereocenters. The molecule has 0 radical (unpaired) electrons. The molecule has 0 saturated carbocycles. The van der Waals surface area contributed by atoms with E-state index in [1.807, 2.05) is 0 Å². The van der Waals surface area contributed by atoms with Crippen molar-refractivity contribution < 1.29 is 0 Å². The molecule has 92 valence electrons. The normalized spacial score (nSPS) is 30.1. The summed E-state index contributed by atoms with van der Waals surface area (Å²) in [7, 11) is 0. The van der Waals surface area contributed by atoms with Gasteiger partial charge in [-0.1, -0.05) is 18.2 Å². The van der Waals surface area contributed by atoms with Crippen LogP contribution in [0.1, 0.15) is 12.8 Å². The van der Waals surface area contributed by atoms with E-state index >= 15 is 0 Å². The molecule has 0 spiro atoms. The average molecular weight is 251 g/mol. The smallest absolute Gasteiger partial charge is 0.0367 e. The summed E-state index contributed by atoms with van der Waals surface area (Å²) < 4.78 is 0. The zero-order valence-corrected chi connectivity index (χ0v) is 10.8. The molecule has 1 aromatic carbocycles. The maximum absolute atomic E-state index is 6.29. The lowest BCUT2D eigenvalue weighted by Crippen LogP contribution is -2.56. The van der Waals surface area contributed by atoms with Gasteiger partial charge in [-0.2, -0.15) is 0 Å². The Morgan fingerprint density at radius 3 is 2.71 bits per heavy atom. The van der Waals surface area contributed by atoms with E-state index in [1.54, 1.807) is 0 Å². The zero-order valence-electron chi connectivity index (χ0n) is 10.1. The van der Waals surface area contributed by atoms with E-state index in [-0.39, 0.29) is 0 Å². The molecule has 2 fully saturated rings. The van der Waals surface area contributed by atoms with Crippen LogP contribution in [0.2, 0.25) is 0 Å². The molecule has 0 aliphatic carbocycles. The molecular formula is C14H19ClN2. The highest BCUT2D eigenvalue weighted by Crippen LogP contribution is 2.27. The van der Waals surface area contributed by atoms with Gasteiger partial charge in [-0.05, 0) is 31.5 Å². The number of halogens is 1. The van der Waals surface area contributed by atoms with Gasteiger partial charge in [0, 0.05) is 36.7 Å². The lowest BCUT2D eigenvalue weighted by atomic mass is 9.99. The van der Waals surface area contributed by atoms with Crippen LogP contribution >= 0.6 is 11.6 Å². The van der Waals surface area contributed by atoms with Crippen molar-refractivity contribution in [1.29, 1.82) is 0 Å².